The Labute approximate surface area is 111 Å². The SMILES string of the molecule is CCCOC(C)COC(C)CO.[CaH2]. The molecule has 0 saturated carbocycles. The summed E-state index contributed by atoms with van der Waals surface area (Å²) in [4.78, 5) is 0. The van der Waals surface area contributed by atoms with Gasteiger partial charge in [0, 0.05) is 6.61 Å². The summed E-state index contributed by atoms with van der Waals surface area (Å²) in [5.74, 6) is 0. The molecule has 0 amide bonds. The van der Waals surface area contributed by atoms with E-state index < -0.39 is 0 Å². The van der Waals surface area contributed by atoms with E-state index in [9.17, 15) is 0 Å². The summed E-state index contributed by atoms with van der Waals surface area (Å²) in [5.41, 5.74) is 0. The van der Waals surface area contributed by atoms with E-state index in [4.69, 9.17) is 14.6 Å². The fraction of sp³-hybridized carbons (Fsp3) is 1.00. The second kappa shape index (κ2) is 11.2. The van der Waals surface area contributed by atoms with Crippen molar-refractivity contribution in [1.29, 1.82) is 0 Å². The molecule has 13 heavy (non-hydrogen) atoms. The Balaban J connectivity index is 0. The van der Waals surface area contributed by atoms with Gasteiger partial charge < -0.3 is 14.6 Å². The Bertz CT molecular complexity index is 101. The summed E-state index contributed by atoms with van der Waals surface area (Å²) >= 11 is 0. The molecule has 1 N–H and O–H groups in total. The molecule has 0 aliphatic rings. The van der Waals surface area contributed by atoms with Crippen LogP contribution in [-0.2, 0) is 9.47 Å². The molecule has 0 aromatic carbocycles. The molecule has 0 fully saturated rings. The summed E-state index contributed by atoms with van der Waals surface area (Å²) in [5, 5.41) is 8.66. The fourth-order valence-electron chi connectivity index (χ4n) is 0.720. The van der Waals surface area contributed by atoms with Crippen molar-refractivity contribution < 1.29 is 14.6 Å². The maximum absolute atomic E-state index is 8.66. The van der Waals surface area contributed by atoms with Crippen LogP contribution in [0.3, 0.4) is 0 Å². The number of hydrogen-bond donors (Lipinski definition) is 1. The average Bonchev–Trinajstić information content (AvgIpc) is 2.10. The molecule has 4 heteroatoms. The Morgan fingerprint density at radius 2 is 1.77 bits per heavy atom. The van der Waals surface area contributed by atoms with E-state index in [-0.39, 0.29) is 56.6 Å². The quantitative estimate of drug-likeness (QED) is 0.624. The van der Waals surface area contributed by atoms with E-state index in [1.54, 1.807) is 0 Å². The van der Waals surface area contributed by atoms with Crippen molar-refractivity contribution in [3.05, 3.63) is 0 Å². The normalized spacial score (nSPS) is 14.8. The molecule has 0 aromatic heterocycles. The van der Waals surface area contributed by atoms with Crippen LogP contribution in [0.25, 0.3) is 0 Å². The molecule has 0 aliphatic heterocycles. The molecule has 2 unspecified atom stereocenters. The summed E-state index contributed by atoms with van der Waals surface area (Å²) in [6.07, 6.45) is 1.07. The van der Waals surface area contributed by atoms with Crippen LogP contribution in [0.1, 0.15) is 27.2 Å². The Kier molecular flexibility index (Phi) is 14.3. The zero-order valence-electron chi connectivity index (χ0n) is 8.25. The summed E-state index contributed by atoms with van der Waals surface area (Å²) in [6, 6.07) is 0. The van der Waals surface area contributed by atoms with Gasteiger partial charge in [0.15, 0.2) is 0 Å². The van der Waals surface area contributed by atoms with Crippen molar-refractivity contribution in [3.63, 3.8) is 0 Å². The Morgan fingerprint density at radius 1 is 1.15 bits per heavy atom. The van der Waals surface area contributed by atoms with Crippen molar-refractivity contribution in [2.75, 3.05) is 19.8 Å². The van der Waals surface area contributed by atoms with Crippen LogP contribution in [0.5, 0.6) is 0 Å². The van der Waals surface area contributed by atoms with Gasteiger partial charge in [-0.25, -0.2) is 0 Å². The third-order valence-electron chi connectivity index (χ3n) is 1.48. The van der Waals surface area contributed by atoms with Crippen molar-refractivity contribution >= 4 is 37.7 Å². The first-order chi connectivity index (χ1) is 5.70. The van der Waals surface area contributed by atoms with Crippen molar-refractivity contribution in [1.82, 2.24) is 0 Å². The molecular formula is C9H22CaO3. The third kappa shape index (κ3) is 11.1. The van der Waals surface area contributed by atoms with Gasteiger partial charge in [-0.2, -0.15) is 0 Å². The zero-order valence-corrected chi connectivity index (χ0v) is 8.25. The Morgan fingerprint density at radius 3 is 2.23 bits per heavy atom. The van der Waals surface area contributed by atoms with Crippen LogP contribution in [0.2, 0.25) is 0 Å². The van der Waals surface area contributed by atoms with Gasteiger partial charge in [-0.1, -0.05) is 6.92 Å². The number of hydrogen-bond acceptors (Lipinski definition) is 3. The van der Waals surface area contributed by atoms with Crippen LogP contribution < -0.4 is 0 Å². The second-order valence-corrected chi connectivity index (χ2v) is 3.01. The van der Waals surface area contributed by atoms with Gasteiger partial charge in [0.1, 0.15) is 0 Å². The first-order valence-corrected chi connectivity index (χ1v) is 4.54. The van der Waals surface area contributed by atoms with Crippen molar-refractivity contribution in [2.45, 2.75) is 39.4 Å². The van der Waals surface area contributed by atoms with E-state index in [1.807, 2.05) is 13.8 Å². The maximum atomic E-state index is 8.66. The van der Waals surface area contributed by atoms with E-state index in [0.717, 1.165) is 13.0 Å². The predicted molar refractivity (Wildman–Crippen MR) is 56.7 cm³/mol. The van der Waals surface area contributed by atoms with Gasteiger partial charge in [-0.15, -0.1) is 0 Å². The molecule has 0 heterocycles. The molecule has 0 radical (unpaired) electrons. The van der Waals surface area contributed by atoms with Gasteiger partial charge in [0.2, 0.25) is 0 Å². The standard InChI is InChI=1S/C9H20O3.Ca.2H/c1-4-5-11-9(3)7-12-8(2)6-10;;;/h8-10H,4-7H2,1-3H3;;;. The number of aliphatic hydroxyl groups is 1. The molecule has 0 rings (SSSR count). The summed E-state index contributed by atoms with van der Waals surface area (Å²) in [7, 11) is 0. The number of ether oxygens (including phenoxy) is 2. The van der Waals surface area contributed by atoms with Crippen molar-refractivity contribution in [3.8, 4) is 0 Å². The summed E-state index contributed by atoms with van der Waals surface area (Å²) < 4.78 is 10.7. The first kappa shape index (κ1) is 16.6. The zero-order chi connectivity index (χ0) is 9.40. The topological polar surface area (TPSA) is 38.7 Å². The summed E-state index contributed by atoms with van der Waals surface area (Å²) in [6.45, 7) is 7.29. The van der Waals surface area contributed by atoms with Crippen LogP contribution in [-0.4, -0.2) is 74.9 Å². The van der Waals surface area contributed by atoms with Crippen LogP contribution in [0, 0.1) is 0 Å². The predicted octanol–water partition coefficient (Wildman–Crippen LogP) is 0.283. The number of rotatable bonds is 7. The van der Waals surface area contributed by atoms with Gasteiger partial charge >= 0.3 is 37.7 Å². The molecule has 3 nitrogen and oxygen atoms in total. The molecule has 0 bridgehead atoms. The Hall–Kier alpha value is 1.14. The van der Waals surface area contributed by atoms with Crippen LogP contribution in [0.15, 0.2) is 0 Å². The van der Waals surface area contributed by atoms with Gasteiger partial charge in [-0.05, 0) is 20.3 Å². The van der Waals surface area contributed by atoms with Gasteiger partial charge in [0.25, 0.3) is 0 Å². The van der Waals surface area contributed by atoms with Gasteiger partial charge in [0.05, 0.1) is 25.4 Å². The average molecular weight is 218 g/mol. The molecule has 0 saturated heterocycles. The third-order valence-corrected chi connectivity index (χ3v) is 1.48. The van der Waals surface area contributed by atoms with Gasteiger partial charge in [-0.3, -0.25) is 0 Å². The fourth-order valence-corrected chi connectivity index (χ4v) is 0.720. The van der Waals surface area contributed by atoms with Crippen LogP contribution >= 0.6 is 0 Å². The molecular weight excluding hydrogens is 196 g/mol. The molecule has 0 aromatic rings. The minimum absolute atomic E-state index is 0. The monoisotopic (exact) mass is 218 g/mol. The van der Waals surface area contributed by atoms with E-state index in [2.05, 4.69) is 6.92 Å². The first-order valence-electron chi connectivity index (χ1n) is 4.54. The minimum atomic E-state index is -0.0855. The molecule has 0 spiro atoms. The number of aliphatic hydroxyl groups excluding tert-OH is 1. The molecule has 0 aliphatic carbocycles. The molecule has 78 valence electrons. The molecule has 2 atom stereocenters. The van der Waals surface area contributed by atoms with E-state index in [0.29, 0.717) is 6.61 Å². The van der Waals surface area contributed by atoms with Crippen LogP contribution in [0.4, 0.5) is 0 Å². The second-order valence-electron chi connectivity index (χ2n) is 3.01. The van der Waals surface area contributed by atoms with E-state index >= 15 is 0 Å². The van der Waals surface area contributed by atoms with Crippen molar-refractivity contribution in [2.24, 2.45) is 0 Å². The van der Waals surface area contributed by atoms with E-state index in [1.165, 1.54) is 0 Å².